The van der Waals surface area contributed by atoms with Crippen LogP contribution in [-0.2, 0) is 4.79 Å². The summed E-state index contributed by atoms with van der Waals surface area (Å²) >= 11 is 7.62. The second-order valence-corrected chi connectivity index (χ2v) is 10.1. The first-order valence-corrected chi connectivity index (χ1v) is 13.0. The molecule has 4 heterocycles. The van der Waals surface area contributed by atoms with Crippen molar-refractivity contribution in [1.82, 2.24) is 19.4 Å². The summed E-state index contributed by atoms with van der Waals surface area (Å²) in [5.41, 5.74) is 5.20. The molecule has 2 aromatic heterocycles. The number of halogens is 1. The summed E-state index contributed by atoms with van der Waals surface area (Å²) in [6.45, 7) is 3.51. The number of fused-ring (bicyclic) bond motifs is 1. The maximum absolute atomic E-state index is 13.0. The third kappa shape index (κ3) is 4.22. The smallest absolute Gasteiger partial charge is 0.273 e. The lowest BCUT2D eigenvalue weighted by Crippen LogP contribution is -2.52. The van der Waals surface area contributed by atoms with Crippen molar-refractivity contribution in [3.8, 4) is 5.69 Å². The van der Waals surface area contributed by atoms with Gasteiger partial charge in [0.15, 0.2) is 0 Å². The second-order valence-electron chi connectivity index (χ2n) is 8.97. The summed E-state index contributed by atoms with van der Waals surface area (Å²) in [4.78, 5) is 35.8. The van der Waals surface area contributed by atoms with Crippen molar-refractivity contribution >= 4 is 51.3 Å². The third-order valence-electron chi connectivity index (χ3n) is 6.95. The molecule has 0 unspecified atom stereocenters. The Balaban J connectivity index is 1.14. The molecule has 7 nitrogen and oxygen atoms in total. The van der Waals surface area contributed by atoms with E-state index in [4.69, 9.17) is 11.6 Å². The van der Waals surface area contributed by atoms with Gasteiger partial charge in [0, 0.05) is 78.5 Å². The van der Waals surface area contributed by atoms with Crippen LogP contribution in [0, 0.1) is 0 Å². The van der Waals surface area contributed by atoms with Crippen LogP contribution in [0.1, 0.15) is 16.9 Å². The summed E-state index contributed by atoms with van der Waals surface area (Å²) < 4.78 is 2.10. The molecule has 4 aromatic rings. The zero-order valence-electron chi connectivity index (χ0n) is 19.0. The minimum Gasteiger partial charge on any atom is -0.335 e. The number of amides is 2. The molecule has 0 saturated carbocycles. The zero-order valence-corrected chi connectivity index (χ0v) is 20.6. The van der Waals surface area contributed by atoms with Crippen molar-refractivity contribution in [3.63, 3.8) is 0 Å². The Labute approximate surface area is 212 Å². The molecule has 1 atom stereocenters. The summed E-state index contributed by atoms with van der Waals surface area (Å²) in [5.74, 6) is 0.137. The molecule has 2 aliphatic heterocycles. The minimum absolute atomic E-state index is 0.00645. The molecule has 35 heavy (non-hydrogen) atoms. The van der Waals surface area contributed by atoms with E-state index >= 15 is 0 Å². The predicted molar refractivity (Wildman–Crippen MR) is 139 cm³/mol. The van der Waals surface area contributed by atoms with Gasteiger partial charge in [-0.2, -0.15) is 0 Å². The van der Waals surface area contributed by atoms with Crippen molar-refractivity contribution in [2.75, 3.05) is 37.6 Å². The molecule has 6 rings (SSSR count). The molecule has 0 aliphatic carbocycles. The number of carbonyl (C=O) groups is 2. The van der Waals surface area contributed by atoms with E-state index in [1.165, 1.54) is 11.3 Å². The summed E-state index contributed by atoms with van der Waals surface area (Å²) in [6, 6.07) is 16.2. The van der Waals surface area contributed by atoms with Crippen LogP contribution in [0.2, 0.25) is 5.02 Å². The number of hydrogen-bond donors (Lipinski definition) is 0. The standard InChI is InChI=1S/C26H24ClN5O2S/c27-19-2-1-3-20(13-19)31-7-6-18-12-21(4-5-24(18)31)32-15-22(14-25(32)33)29-8-10-30(11-9-29)26(34)23-16-35-17-28-23/h1-7,12-13,16-17,22H,8-11,14-15H2/t22-/m1/s1. The van der Waals surface area contributed by atoms with E-state index in [0.717, 1.165) is 35.4 Å². The van der Waals surface area contributed by atoms with E-state index in [1.54, 1.807) is 10.9 Å². The fourth-order valence-electron chi connectivity index (χ4n) is 5.10. The molecule has 178 valence electrons. The van der Waals surface area contributed by atoms with Gasteiger partial charge in [-0.1, -0.05) is 17.7 Å². The Hall–Kier alpha value is -3.20. The fraction of sp³-hybridized carbons (Fsp3) is 0.269. The quantitative estimate of drug-likeness (QED) is 0.415. The number of anilines is 1. The van der Waals surface area contributed by atoms with Gasteiger partial charge in [-0.3, -0.25) is 14.5 Å². The van der Waals surface area contributed by atoms with E-state index in [9.17, 15) is 9.59 Å². The van der Waals surface area contributed by atoms with Crippen molar-refractivity contribution < 1.29 is 9.59 Å². The Bertz CT molecular complexity index is 1390. The van der Waals surface area contributed by atoms with Gasteiger partial charge in [-0.05, 0) is 42.5 Å². The highest BCUT2D eigenvalue weighted by molar-refractivity contribution is 7.07. The first-order chi connectivity index (χ1) is 17.1. The fourth-order valence-corrected chi connectivity index (χ4v) is 5.81. The Kier molecular flexibility index (Phi) is 5.80. The molecule has 0 spiro atoms. The van der Waals surface area contributed by atoms with E-state index < -0.39 is 0 Å². The maximum atomic E-state index is 13.0. The zero-order chi connectivity index (χ0) is 23.9. The number of hydrogen-bond acceptors (Lipinski definition) is 5. The van der Waals surface area contributed by atoms with Crippen molar-refractivity contribution in [3.05, 3.63) is 76.3 Å². The van der Waals surface area contributed by atoms with E-state index in [-0.39, 0.29) is 17.9 Å². The Morgan fingerprint density at radius 2 is 1.89 bits per heavy atom. The maximum Gasteiger partial charge on any atom is 0.273 e. The number of benzene rings is 2. The highest BCUT2D eigenvalue weighted by Gasteiger charge is 2.36. The molecule has 2 amide bonds. The van der Waals surface area contributed by atoms with Gasteiger partial charge in [-0.15, -0.1) is 11.3 Å². The molecule has 2 saturated heterocycles. The van der Waals surface area contributed by atoms with Crippen LogP contribution < -0.4 is 4.90 Å². The first-order valence-electron chi connectivity index (χ1n) is 11.7. The van der Waals surface area contributed by atoms with Crippen molar-refractivity contribution in [1.29, 1.82) is 0 Å². The third-order valence-corrected chi connectivity index (χ3v) is 7.77. The number of rotatable bonds is 4. The van der Waals surface area contributed by atoms with Crippen LogP contribution in [-0.4, -0.2) is 69.9 Å². The van der Waals surface area contributed by atoms with Gasteiger partial charge < -0.3 is 14.4 Å². The molecule has 2 aliphatic rings. The Morgan fingerprint density at radius 3 is 2.66 bits per heavy atom. The van der Waals surface area contributed by atoms with E-state index in [1.807, 2.05) is 46.3 Å². The van der Waals surface area contributed by atoms with Crippen LogP contribution in [0.15, 0.2) is 65.6 Å². The molecule has 2 aromatic carbocycles. The van der Waals surface area contributed by atoms with Gasteiger partial charge in [-0.25, -0.2) is 4.98 Å². The van der Waals surface area contributed by atoms with Crippen LogP contribution in [0.4, 0.5) is 5.69 Å². The van der Waals surface area contributed by atoms with Gasteiger partial charge in [0.2, 0.25) is 5.91 Å². The largest absolute Gasteiger partial charge is 0.335 e. The SMILES string of the molecule is O=C(c1cscn1)N1CCN([C@@H]2CC(=O)N(c3ccc4c(ccn4-c4cccc(Cl)c4)c3)C2)CC1. The van der Waals surface area contributed by atoms with Gasteiger partial charge in [0.25, 0.3) is 5.91 Å². The average molecular weight is 506 g/mol. The number of nitrogens with zero attached hydrogens (tertiary/aromatic N) is 5. The highest BCUT2D eigenvalue weighted by Crippen LogP contribution is 2.30. The number of carbonyl (C=O) groups excluding carboxylic acids is 2. The lowest BCUT2D eigenvalue weighted by atomic mass is 10.2. The summed E-state index contributed by atoms with van der Waals surface area (Å²) in [7, 11) is 0. The van der Waals surface area contributed by atoms with Crippen LogP contribution in [0.3, 0.4) is 0 Å². The van der Waals surface area contributed by atoms with Gasteiger partial charge in [0.1, 0.15) is 5.69 Å². The normalized spacial score (nSPS) is 19.1. The molecule has 0 radical (unpaired) electrons. The van der Waals surface area contributed by atoms with Crippen LogP contribution in [0.25, 0.3) is 16.6 Å². The van der Waals surface area contributed by atoms with Gasteiger partial charge >= 0.3 is 0 Å². The lowest BCUT2D eigenvalue weighted by Gasteiger charge is -2.37. The number of piperazine rings is 1. The lowest BCUT2D eigenvalue weighted by molar-refractivity contribution is -0.117. The second kappa shape index (κ2) is 9.11. The monoisotopic (exact) mass is 505 g/mol. The highest BCUT2D eigenvalue weighted by atomic mass is 35.5. The number of thiazole rings is 1. The Morgan fingerprint density at radius 1 is 1.03 bits per heavy atom. The summed E-state index contributed by atoms with van der Waals surface area (Å²) in [6.07, 6.45) is 2.53. The van der Waals surface area contributed by atoms with E-state index in [0.29, 0.717) is 36.8 Å². The first kappa shape index (κ1) is 22.3. The molecule has 0 bridgehead atoms. The topological polar surface area (TPSA) is 61.7 Å². The minimum atomic E-state index is -0.00645. The summed E-state index contributed by atoms with van der Waals surface area (Å²) in [5, 5.41) is 3.57. The molecular weight excluding hydrogens is 482 g/mol. The van der Waals surface area contributed by atoms with Crippen LogP contribution in [0.5, 0.6) is 0 Å². The van der Waals surface area contributed by atoms with Gasteiger partial charge in [0.05, 0.1) is 11.0 Å². The molecular formula is C26H24ClN5O2S. The molecule has 9 heteroatoms. The average Bonchev–Trinajstić information content (AvgIpc) is 3.63. The van der Waals surface area contributed by atoms with Crippen LogP contribution >= 0.6 is 22.9 Å². The predicted octanol–water partition coefficient (Wildman–Crippen LogP) is 4.30. The van der Waals surface area contributed by atoms with Crippen molar-refractivity contribution in [2.45, 2.75) is 12.5 Å². The molecule has 0 N–H and O–H groups in total. The van der Waals surface area contributed by atoms with E-state index in [2.05, 4.69) is 32.7 Å². The number of aromatic nitrogens is 2. The molecule has 2 fully saturated rings. The van der Waals surface area contributed by atoms with Crippen molar-refractivity contribution in [2.24, 2.45) is 0 Å².